The zero-order valence-corrected chi connectivity index (χ0v) is 32.8. The summed E-state index contributed by atoms with van der Waals surface area (Å²) in [7, 11) is 0. The van der Waals surface area contributed by atoms with Gasteiger partial charge in [0.1, 0.15) is 12.1 Å². The molecule has 10 radical (unpaired) electrons. The maximum atomic E-state index is 12.0. The summed E-state index contributed by atoms with van der Waals surface area (Å²) in [6, 6.07) is 14.5. The van der Waals surface area contributed by atoms with Crippen LogP contribution in [0.2, 0.25) is 0 Å². The fourth-order valence-corrected chi connectivity index (χ4v) is 4.84. The van der Waals surface area contributed by atoms with Crippen LogP contribution >= 0.6 is 24.4 Å². The molecule has 0 aliphatic heterocycles. The first-order valence-corrected chi connectivity index (χ1v) is 17.6. The molecule has 8 N–H and O–H groups in total. The number of hydrogen-bond donors (Lipinski definition) is 8. The first-order chi connectivity index (χ1) is 24.9. The van der Waals surface area contributed by atoms with Crippen LogP contribution in [0, 0.1) is 77.0 Å². The molecule has 2 saturated carbocycles. The van der Waals surface area contributed by atoms with E-state index in [2.05, 4.69) is 42.5 Å². The van der Waals surface area contributed by atoms with Crippen LogP contribution < -0.4 is 42.5 Å². The molecule has 0 spiro atoms. The molecule has 0 bridgehead atoms. The van der Waals surface area contributed by atoms with Gasteiger partial charge in [0.25, 0.3) is 0 Å². The van der Waals surface area contributed by atoms with Crippen molar-refractivity contribution in [3.63, 3.8) is 0 Å². The summed E-state index contributed by atoms with van der Waals surface area (Å²) in [5, 5.41) is 24.0. The van der Waals surface area contributed by atoms with Gasteiger partial charge in [0, 0.05) is 37.6 Å². The molecular weight excluding hydrogens is 752 g/mol. The Bertz CT molecular complexity index is 1370. The Kier molecular flexibility index (Phi) is 21.0. The second-order valence-electron chi connectivity index (χ2n) is 11.8. The minimum Gasteiger partial charge on any atom is -0.361 e. The van der Waals surface area contributed by atoms with Crippen molar-refractivity contribution in [2.45, 2.75) is 39.8 Å². The number of carbonyl (C=O) groups excluding carboxylic acids is 4. The summed E-state index contributed by atoms with van der Waals surface area (Å²) < 4.78 is 0. The van der Waals surface area contributed by atoms with E-state index in [1.807, 2.05) is 62.4 Å². The zero-order valence-electron chi connectivity index (χ0n) is 30.0. The van der Waals surface area contributed by atoms with Crippen molar-refractivity contribution in [3.8, 4) is 0 Å². The molecular formula is C38H46FeN8O4S2+2. The second-order valence-corrected chi connectivity index (χ2v) is 12.6. The van der Waals surface area contributed by atoms with Gasteiger partial charge in [0.15, 0.2) is 10.2 Å². The number of hydrogen-bond acceptors (Lipinski definition) is 6. The van der Waals surface area contributed by atoms with Crippen molar-refractivity contribution >= 4 is 69.7 Å². The standard InChI is InChI=1S/2C19H23N4O2S.Fe/c2*1-13-7-9-16(10-8-13)23-19(26)21-12-11-20-17(24)14(2)22-18(25)15-5-3-4-6-15;/h2*3-10,14H,11-12H2,1-2H3,(H,20,24)(H,22,25)(H2,21,23,26);/q;;+2/t2*14-;/m00./s1. The molecule has 15 heteroatoms. The molecule has 4 amide bonds. The van der Waals surface area contributed by atoms with Crippen LogP contribution in [0.1, 0.15) is 25.0 Å². The normalized spacial score (nSPS) is 14.9. The predicted molar refractivity (Wildman–Crippen MR) is 213 cm³/mol. The molecule has 0 saturated heterocycles. The summed E-state index contributed by atoms with van der Waals surface area (Å²) in [6.07, 6.45) is 13.9. The molecule has 12 nitrogen and oxygen atoms in total. The van der Waals surface area contributed by atoms with Crippen LogP contribution in [0.5, 0.6) is 0 Å². The number of thiocarbonyl (C=S) groups is 2. The Morgan fingerprint density at radius 2 is 0.830 bits per heavy atom. The largest absolute Gasteiger partial charge is 2.00 e. The zero-order chi connectivity index (χ0) is 37.9. The molecule has 0 heterocycles. The molecule has 280 valence electrons. The summed E-state index contributed by atoms with van der Waals surface area (Å²) in [4.78, 5) is 47.8. The first kappa shape index (κ1) is 45.4. The Labute approximate surface area is 335 Å². The Morgan fingerprint density at radius 1 is 0.528 bits per heavy atom. The van der Waals surface area contributed by atoms with E-state index in [-0.39, 0.29) is 40.7 Å². The number of aryl methyl sites for hydroxylation is 2. The van der Waals surface area contributed by atoms with Crippen LogP contribution in [-0.4, -0.2) is 72.1 Å². The van der Waals surface area contributed by atoms with E-state index >= 15 is 0 Å². The number of benzene rings is 2. The minimum atomic E-state index is -0.616. The van der Waals surface area contributed by atoms with E-state index in [0.717, 1.165) is 11.4 Å². The van der Waals surface area contributed by atoms with Crippen molar-refractivity contribution in [2.24, 2.45) is 0 Å². The Balaban J connectivity index is 0.000000360. The van der Waals surface area contributed by atoms with E-state index in [0.29, 0.717) is 48.2 Å². The molecule has 2 aliphatic carbocycles. The first-order valence-electron chi connectivity index (χ1n) is 16.7. The molecule has 0 aromatic heterocycles. The summed E-state index contributed by atoms with van der Waals surface area (Å²) >= 11 is 10.4. The molecule has 2 atom stereocenters. The van der Waals surface area contributed by atoms with Crippen molar-refractivity contribution < 1.29 is 36.2 Å². The Hall–Kier alpha value is -3.78. The average Bonchev–Trinajstić information content (AvgIpc) is 3.87. The average molecular weight is 799 g/mol. The van der Waals surface area contributed by atoms with E-state index in [1.165, 1.54) is 11.1 Å². The molecule has 2 aliphatic rings. The van der Waals surface area contributed by atoms with Gasteiger partial charge >= 0.3 is 17.1 Å². The van der Waals surface area contributed by atoms with E-state index in [4.69, 9.17) is 24.4 Å². The van der Waals surface area contributed by atoms with Crippen molar-refractivity contribution in [3.05, 3.63) is 123 Å². The van der Waals surface area contributed by atoms with Gasteiger partial charge in [-0.25, -0.2) is 0 Å². The quantitative estimate of drug-likeness (QED) is 0.0811. The van der Waals surface area contributed by atoms with Gasteiger partial charge in [0.05, 0.1) is 11.8 Å². The van der Waals surface area contributed by atoms with E-state index in [9.17, 15) is 19.2 Å². The third-order valence-corrected chi connectivity index (χ3v) is 7.86. The number of rotatable bonds is 14. The number of carbonyl (C=O) groups is 4. The van der Waals surface area contributed by atoms with Crippen LogP contribution in [-0.2, 0) is 36.2 Å². The van der Waals surface area contributed by atoms with Crippen molar-refractivity contribution in [2.75, 3.05) is 36.8 Å². The molecule has 0 unspecified atom stereocenters. The number of amides is 4. The third-order valence-electron chi connectivity index (χ3n) is 7.37. The topological polar surface area (TPSA) is 165 Å². The van der Waals surface area contributed by atoms with Crippen LogP contribution in [0.3, 0.4) is 0 Å². The maximum Gasteiger partial charge on any atom is 2.00 e. The van der Waals surface area contributed by atoms with E-state index < -0.39 is 12.1 Å². The summed E-state index contributed by atoms with van der Waals surface area (Å²) in [5.74, 6) is 0.0597. The maximum absolute atomic E-state index is 12.0. The molecule has 4 rings (SSSR count). The SMILES string of the molecule is Cc1ccc(NC(=S)NCCNC(=O)[C@H](C)NC(=O)[C]2[CH][CH][CH][CH]2)cc1.Cc1ccc(NC(=S)NCCNC(=O)[C@H](C)NC(=O)[C]2[CH][CH][CH][CH]2)cc1.[Fe+2]. The fourth-order valence-electron chi connectivity index (χ4n) is 4.40. The molecule has 2 aromatic rings. The van der Waals surface area contributed by atoms with Gasteiger partial charge < -0.3 is 42.5 Å². The van der Waals surface area contributed by atoms with Crippen LogP contribution in [0.15, 0.2) is 48.5 Å². The predicted octanol–water partition coefficient (Wildman–Crippen LogP) is 2.61. The fraction of sp³-hybridized carbons (Fsp3) is 0.263. The Morgan fingerprint density at radius 3 is 1.15 bits per heavy atom. The summed E-state index contributed by atoms with van der Waals surface area (Å²) in [5.41, 5.74) is 4.16. The minimum absolute atomic E-state index is 0. The van der Waals surface area contributed by atoms with Gasteiger partial charge in [-0.3, -0.25) is 19.2 Å². The van der Waals surface area contributed by atoms with Crippen LogP contribution in [0.25, 0.3) is 0 Å². The van der Waals surface area contributed by atoms with Crippen molar-refractivity contribution in [1.29, 1.82) is 0 Å². The van der Waals surface area contributed by atoms with Gasteiger partial charge in [-0.15, -0.1) is 0 Å². The number of anilines is 2. The molecule has 53 heavy (non-hydrogen) atoms. The second kappa shape index (κ2) is 24.5. The smallest absolute Gasteiger partial charge is 0.361 e. The molecule has 2 aromatic carbocycles. The van der Waals surface area contributed by atoms with Gasteiger partial charge in [-0.2, -0.15) is 0 Å². The summed E-state index contributed by atoms with van der Waals surface area (Å²) in [6.45, 7) is 9.08. The van der Waals surface area contributed by atoms with Gasteiger partial charge in [-0.05, 0) is 128 Å². The number of nitrogens with one attached hydrogen (secondary N) is 8. The van der Waals surface area contributed by atoms with E-state index in [1.54, 1.807) is 65.2 Å². The van der Waals surface area contributed by atoms with Gasteiger partial charge in [0.2, 0.25) is 23.6 Å². The van der Waals surface area contributed by atoms with Gasteiger partial charge in [-0.1, -0.05) is 35.4 Å². The van der Waals surface area contributed by atoms with Crippen molar-refractivity contribution in [1.82, 2.24) is 31.9 Å². The van der Waals surface area contributed by atoms with Crippen LogP contribution in [0.4, 0.5) is 11.4 Å². The third kappa shape index (κ3) is 17.7. The molecule has 2 fully saturated rings. The monoisotopic (exact) mass is 798 g/mol.